The van der Waals surface area contributed by atoms with Crippen LogP contribution in [-0.4, -0.2) is 32.0 Å². The van der Waals surface area contributed by atoms with Gasteiger partial charge in [-0.1, -0.05) is 41.9 Å². The topological polar surface area (TPSA) is 65.5 Å². The lowest BCUT2D eigenvalue weighted by Crippen LogP contribution is -2.37. The number of aliphatic imine (C=N–C) groups is 1. The molecule has 0 unspecified atom stereocenters. The van der Waals surface area contributed by atoms with Crippen molar-refractivity contribution in [2.75, 3.05) is 20.1 Å². The Morgan fingerprint density at radius 3 is 2.42 bits per heavy atom. The van der Waals surface area contributed by atoms with Gasteiger partial charge in [-0.2, -0.15) is 0 Å². The molecule has 0 saturated carbocycles. The van der Waals surface area contributed by atoms with Crippen molar-refractivity contribution in [2.24, 2.45) is 4.99 Å². The van der Waals surface area contributed by atoms with Gasteiger partial charge < -0.3 is 16.0 Å². The number of nitrogens with zero attached hydrogens (tertiary/aromatic N) is 1. The van der Waals surface area contributed by atoms with Gasteiger partial charge in [0.25, 0.3) is 5.91 Å². The zero-order valence-electron chi connectivity index (χ0n) is 15.2. The maximum absolute atomic E-state index is 11.8. The molecule has 5 nitrogen and oxygen atoms in total. The van der Waals surface area contributed by atoms with Crippen molar-refractivity contribution in [3.8, 4) is 0 Å². The number of nitrogens with one attached hydrogen (secondary N) is 3. The summed E-state index contributed by atoms with van der Waals surface area (Å²) < 4.78 is 0. The number of carbonyl (C=O) groups is 1. The van der Waals surface area contributed by atoms with Crippen molar-refractivity contribution in [2.45, 2.75) is 19.9 Å². The molecule has 26 heavy (non-hydrogen) atoms. The molecular formula is C20H25ClN4O. The average molecular weight is 373 g/mol. The van der Waals surface area contributed by atoms with Gasteiger partial charge in [-0.05, 0) is 42.7 Å². The van der Waals surface area contributed by atoms with Crippen LogP contribution < -0.4 is 16.0 Å². The lowest BCUT2D eigenvalue weighted by Gasteiger charge is -2.12. The standard InChI is InChI=1S/C20H25ClN4O/c1-3-23-19(26)17-10-8-15(9-11-17)14-25-20(22-2)24-13-12-16-6-4-5-7-18(16)21/h4-11H,3,12-14H2,1-2H3,(H,23,26)(H2,22,24,25). The summed E-state index contributed by atoms with van der Waals surface area (Å²) in [6.45, 7) is 3.89. The highest BCUT2D eigenvalue weighted by atomic mass is 35.5. The third-order valence-electron chi connectivity index (χ3n) is 3.88. The zero-order valence-corrected chi connectivity index (χ0v) is 15.9. The molecule has 0 spiro atoms. The van der Waals surface area contributed by atoms with E-state index in [2.05, 4.69) is 20.9 Å². The van der Waals surface area contributed by atoms with Crippen molar-refractivity contribution in [1.29, 1.82) is 0 Å². The van der Waals surface area contributed by atoms with Gasteiger partial charge in [0, 0.05) is 37.3 Å². The first-order valence-electron chi connectivity index (χ1n) is 8.69. The first-order valence-corrected chi connectivity index (χ1v) is 9.07. The first-order chi connectivity index (χ1) is 12.6. The largest absolute Gasteiger partial charge is 0.356 e. The summed E-state index contributed by atoms with van der Waals surface area (Å²) in [6.07, 6.45) is 0.821. The molecule has 0 radical (unpaired) electrons. The van der Waals surface area contributed by atoms with Gasteiger partial charge in [0.2, 0.25) is 0 Å². The van der Waals surface area contributed by atoms with Gasteiger partial charge >= 0.3 is 0 Å². The third kappa shape index (κ3) is 6.08. The summed E-state index contributed by atoms with van der Waals surface area (Å²) in [5, 5.41) is 10.1. The molecule has 6 heteroatoms. The molecule has 3 N–H and O–H groups in total. The summed E-state index contributed by atoms with van der Waals surface area (Å²) in [5.74, 6) is 0.675. The van der Waals surface area contributed by atoms with Crippen LogP contribution in [0.4, 0.5) is 0 Å². The summed E-state index contributed by atoms with van der Waals surface area (Å²) in [5.41, 5.74) is 2.85. The Balaban J connectivity index is 1.79. The highest BCUT2D eigenvalue weighted by molar-refractivity contribution is 6.31. The number of amides is 1. The van der Waals surface area contributed by atoms with Crippen molar-refractivity contribution < 1.29 is 4.79 Å². The molecule has 0 saturated heterocycles. The summed E-state index contributed by atoms with van der Waals surface area (Å²) in [4.78, 5) is 16.0. The Labute approximate surface area is 159 Å². The monoisotopic (exact) mass is 372 g/mol. The van der Waals surface area contributed by atoms with E-state index in [0.29, 0.717) is 18.7 Å². The molecule has 0 aliphatic carbocycles. The van der Waals surface area contributed by atoms with E-state index in [9.17, 15) is 4.79 Å². The van der Waals surface area contributed by atoms with Gasteiger partial charge in [-0.15, -0.1) is 0 Å². The summed E-state index contributed by atoms with van der Waals surface area (Å²) in [7, 11) is 1.74. The number of halogens is 1. The quantitative estimate of drug-likeness (QED) is 0.517. The number of guanidine groups is 1. The van der Waals surface area contributed by atoms with Crippen LogP contribution in [-0.2, 0) is 13.0 Å². The van der Waals surface area contributed by atoms with E-state index in [0.717, 1.165) is 35.1 Å². The molecule has 138 valence electrons. The van der Waals surface area contributed by atoms with Gasteiger partial charge in [0.05, 0.1) is 0 Å². The minimum atomic E-state index is -0.0518. The van der Waals surface area contributed by atoms with Gasteiger partial charge in [0.15, 0.2) is 5.96 Å². The highest BCUT2D eigenvalue weighted by Gasteiger charge is 2.04. The van der Waals surface area contributed by atoms with Gasteiger partial charge in [-0.25, -0.2) is 0 Å². The van der Waals surface area contributed by atoms with Gasteiger partial charge in [0.1, 0.15) is 0 Å². The smallest absolute Gasteiger partial charge is 0.251 e. The van der Waals surface area contributed by atoms with E-state index in [1.54, 1.807) is 7.05 Å². The van der Waals surface area contributed by atoms with Crippen LogP contribution in [0, 0.1) is 0 Å². The molecule has 0 aromatic heterocycles. The fourth-order valence-electron chi connectivity index (χ4n) is 2.46. The second-order valence-corrected chi connectivity index (χ2v) is 6.16. The Morgan fingerprint density at radius 1 is 1.04 bits per heavy atom. The average Bonchev–Trinajstić information content (AvgIpc) is 2.66. The second kappa shape index (κ2) is 10.5. The minimum absolute atomic E-state index is 0.0518. The van der Waals surface area contributed by atoms with Crippen molar-refractivity contribution in [3.05, 3.63) is 70.2 Å². The van der Waals surface area contributed by atoms with E-state index in [1.807, 2.05) is 55.5 Å². The van der Waals surface area contributed by atoms with Crippen LogP contribution in [0.3, 0.4) is 0 Å². The van der Waals surface area contributed by atoms with E-state index in [4.69, 9.17) is 11.6 Å². The first kappa shape index (κ1) is 19.8. The molecule has 0 atom stereocenters. The Kier molecular flexibility index (Phi) is 7.96. The van der Waals surface area contributed by atoms with E-state index in [-0.39, 0.29) is 5.91 Å². The molecule has 0 aliphatic rings. The highest BCUT2D eigenvalue weighted by Crippen LogP contribution is 2.14. The Morgan fingerprint density at radius 2 is 1.77 bits per heavy atom. The number of hydrogen-bond donors (Lipinski definition) is 3. The second-order valence-electron chi connectivity index (χ2n) is 5.75. The predicted octanol–water partition coefficient (Wildman–Crippen LogP) is 3.00. The third-order valence-corrected chi connectivity index (χ3v) is 4.25. The van der Waals surface area contributed by atoms with Crippen LogP contribution in [0.1, 0.15) is 28.4 Å². The van der Waals surface area contributed by atoms with Crippen molar-refractivity contribution >= 4 is 23.5 Å². The zero-order chi connectivity index (χ0) is 18.8. The Bertz CT molecular complexity index is 744. The molecule has 0 bridgehead atoms. The fourth-order valence-corrected chi connectivity index (χ4v) is 2.69. The van der Waals surface area contributed by atoms with Crippen LogP contribution in [0.15, 0.2) is 53.5 Å². The van der Waals surface area contributed by atoms with Crippen LogP contribution in [0.25, 0.3) is 0 Å². The van der Waals surface area contributed by atoms with E-state index in [1.165, 1.54) is 0 Å². The van der Waals surface area contributed by atoms with Crippen LogP contribution in [0.2, 0.25) is 5.02 Å². The molecular weight excluding hydrogens is 348 g/mol. The molecule has 2 aromatic rings. The normalized spacial score (nSPS) is 11.1. The molecule has 0 heterocycles. The summed E-state index contributed by atoms with van der Waals surface area (Å²) in [6, 6.07) is 15.4. The van der Waals surface area contributed by atoms with E-state index >= 15 is 0 Å². The molecule has 0 aliphatic heterocycles. The number of rotatable bonds is 7. The number of hydrogen-bond acceptors (Lipinski definition) is 2. The maximum atomic E-state index is 11.8. The lowest BCUT2D eigenvalue weighted by molar-refractivity contribution is 0.0956. The minimum Gasteiger partial charge on any atom is -0.356 e. The number of carbonyl (C=O) groups excluding carboxylic acids is 1. The van der Waals surface area contributed by atoms with E-state index < -0.39 is 0 Å². The Hall–Kier alpha value is -2.53. The molecule has 2 aromatic carbocycles. The molecule has 1 amide bonds. The van der Waals surface area contributed by atoms with Gasteiger partial charge in [-0.3, -0.25) is 9.79 Å². The van der Waals surface area contributed by atoms with Crippen LogP contribution in [0.5, 0.6) is 0 Å². The molecule has 0 fully saturated rings. The molecule has 2 rings (SSSR count). The number of benzene rings is 2. The summed E-state index contributed by atoms with van der Waals surface area (Å²) >= 11 is 6.17. The predicted molar refractivity (Wildman–Crippen MR) is 108 cm³/mol. The van der Waals surface area contributed by atoms with Crippen molar-refractivity contribution in [3.63, 3.8) is 0 Å². The van der Waals surface area contributed by atoms with Crippen molar-refractivity contribution in [1.82, 2.24) is 16.0 Å². The fraction of sp³-hybridized carbons (Fsp3) is 0.300. The lowest BCUT2D eigenvalue weighted by atomic mass is 10.1. The SMILES string of the molecule is CCNC(=O)c1ccc(CNC(=NC)NCCc2ccccc2Cl)cc1. The maximum Gasteiger partial charge on any atom is 0.251 e. The van der Waals surface area contributed by atoms with Crippen LogP contribution >= 0.6 is 11.6 Å².